The number of nitrogens with one attached hydrogen (secondary N) is 1. The number of hydrogen-bond acceptors (Lipinski definition) is 2. The molecule has 0 amide bonds. The minimum absolute atomic E-state index is 0.0827. The van der Waals surface area contributed by atoms with Crippen molar-refractivity contribution in [3.05, 3.63) is 47.8 Å². The molecule has 1 N–H and O–H groups in total. The highest BCUT2D eigenvalue weighted by Crippen LogP contribution is 2.41. The molecule has 0 fully saturated rings. The maximum absolute atomic E-state index is 7.95. The summed E-state index contributed by atoms with van der Waals surface area (Å²) in [7, 11) is 0. The summed E-state index contributed by atoms with van der Waals surface area (Å²) >= 11 is 0. The van der Waals surface area contributed by atoms with Crippen LogP contribution in [0.25, 0.3) is 0 Å². The third-order valence-corrected chi connectivity index (χ3v) is 3.03. The first-order valence-electron chi connectivity index (χ1n) is 8.14. The standard InChI is InChI=1S/C15H17NO/c1-15(2)8-12-13(10-17-14(12)9-15)16-11-6-4-3-5-7-11/h3-7,10,16H,8-9H2,1-2H3/i3D,4D,5D,6D,7D. The number of hydrogen-bond donors (Lipinski definition) is 1. The van der Waals surface area contributed by atoms with Gasteiger partial charge in [0, 0.05) is 17.7 Å². The first-order valence-corrected chi connectivity index (χ1v) is 5.64. The summed E-state index contributed by atoms with van der Waals surface area (Å²) < 4.78 is 44.5. The summed E-state index contributed by atoms with van der Waals surface area (Å²) in [5, 5.41) is 2.98. The normalized spacial score (nSPS) is 20.9. The summed E-state index contributed by atoms with van der Waals surface area (Å²) in [5.74, 6) is 0.903. The maximum atomic E-state index is 7.95. The predicted molar refractivity (Wildman–Crippen MR) is 69.6 cm³/mol. The van der Waals surface area contributed by atoms with E-state index in [0.717, 1.165) is 24.2 Å². The number of furan rings is 1. The molecular formula is C15H17NO. The molecule has 1 aromatic carbocycles. The Morgan fingerprint density at radius 3 is 2.76 bits per heavy atom. The van der Waals surface area contributed by atoms with E-state index < -0.39 is 0 Å². The van der Waals surface area contributed by atoms with E-state index in [9.17, 15) is 0 Å². The molecule has 0 unspecified atom stereocenters. The van der Waals surface area contributed by atoms with Crippen molar-refractivity contribution in [2.24, 2.45) is 5.41 Å². The van der Waals surface area contributed by atoms with E-state index in [0.29, 0.717) is 5.69 Å². The van der Waals surface area contributed by atoms with Crippen LogP contribution in [0.1, 0.15) is 32.0 Å². The SMILES string of the molecule is [2H]c1c([2H])c([2H])c(Nc2coc3c2CC(C)(C)C3)c([2H])c1[2H]. The van der Waals surface area contributed by atoms with Gasteiger partial charge in [0.2, 0.25) is 0 Å². The van der Waals surface area contributed by atoms with E-state index >= 15 is 0 Å². The molecule has 1 aromatic heterocycles. The number of fused-ring (bicyclic) bond motifs is 1. The highest BCUT2D eigenvalue weighted by Gasteiger charge is 2.33. The summed E-state index contributed by atoms with van der Waals surface area (Å²) in [6, 6.07) is -1.55. The van der Waals surface area contributed by atoms with Crippen molar-refractivity contribution in [1.29, 1.82) is 0 Å². The quantitative estimate of drug-likeness (QED) is 0.841. The van der Waals surface area contributed by atoms with E-state index in [1.165, 1.54) is 0 Å². The zero-order valence-corrected chi connectivity index (χ0v) is 9.90. The highest BCUT2D eigenvalue weighted by molar-refractivity contribution is 5.64. The molecule has 2 heteroatoms. The smallest absolute Gasteiger partial charge is 0.114 e. The molecule has 0 aliphatic heterocycles. The number of anilines is 2. The molecule has 88 valence electrons. The van der Waals surface area contributed by atoms with Crippen molar-refractivity contribution >= 4 is 11.4 Å². The molecule has 0 saturated heterocycles. The summed E-state index contributed by atoms with van der Waals surface area (Å²) in [4.78, 5) is 0. The highest BCUT2D eigenvalue weighted by atomic mass is 16.3. The van der Waals surface area contributed by atoms with Gasteiger partial charge in [0.1, 0.15) is 12.0 Å². The summed E-state index contributed by atoms with van der Waals surface area (Å²) in [6.45, 7) is 4.30. The molecule has 0 saturated carbocycles. The van der Waals surface area contributed by atoms with Gasteiger partial charge in [-0.15, -0.1) is 0 Å². The van der Waals surface area contributed by atoms with Crippen LogP contribution in [0, 0.1) is 5.41 Å². The fourth-order valence-corrected chi connectivity index (χ4v) is 2.29. The fourth-order valence-electron chi connectivity index (χ4n) is 2.29. The first-order chi connectivity index (χ1) is 10.2. The molecule has 2 nitrogen and oxygen atoms in total. The van der Waals surface area contributed by atoms with E-state index in [4.69, 9.17) is 11.3 Å². The van der Waals surface area contributed by atoms with Gasteiger partial charge in [-0.2, -0.15) is 0 Å². The van der Waals surface area contributed by atoms with Crippen LogP contribution in [0.4, 0.5) is 11.4 Å². The third-order valence-electron chi connectivity index (χ3n) is 3.03. The third kappa shape index (κ3) is 1.95. The van der Waals surface area contributed by atoms with Gasteiger partial charge < -0.3 is 9.73 Å². The van der Waals surface area contributed by atoms with Crippen molar-refractivity contribution in [3.63, 3.8) is 0 Å². The molecule has 3 rings (SSSR count). The lowest BCUT2D eigenvalue weighted by molar-refractivity contribution is 0.365. The van der Waals surface area contributed by atoms with E-state index in [1.54, 1.807) is 6.26 Å². The molecule has 17 heavy (non-hydrogen) atoms. The van der Waals surface area contributed by atoms with Crippen LogP contribution >= 0.6 is 0 Å². The summed E-state index contributed by atoms with van der Waals surface area (Å²) in [6.07, 6.45) is 3.23. The molecule has 0 radical (unpaired) electrons. The van der Waals surface area contributed by atoms with Crippen LogP contribution < -0.4 is 5.32 Å². The molecule has 0 bridgehead atoms. The topological polar surface area (TPSA) is 25.2 Å². The Morgan fingerprint density at radius 1 is 1.24 bits per heavy atom. The largest absolute Gasteiger partial charge is 0.467 e. The van der Waals surface area contributed by atoms with E-state index in [1.807, 2.05) is 0 Å². The molecule has 0 spiro atoms. The van der Waals surface area contributed by atoms with Gasteiger partial charge in [0.15, 0.2) is 0 Å². The maximum Gasteiger partial charge on any atom is 0.114 e. The first kappa shape index (κ1) is 6.29. The lowest BCUT2D eigenvalue weighted by Crippen LogP contribution is -2.10. The Labute approximate surface area is 109 Å². The van der Waals surface area contributed by atoms with Crippen LogP contribution in [-0.4, -0.2) is 0 Å². The van der Waals surface area contributed by atoms with Crippen molar-refractivity contribution in [2.75, 3.05) is 5.32 Å². The van der Waals surface area contributed by atoms with Gasteiger partial charge in [-0.05, 0) is 23.9 Å². The monoisotopic (exact) mass is 232 g/mol. The Hall–Kier alpha value is -1.70. The molecule has 2 aromatic rings. The number of para-hydroxylation sites is 1. The van der Waals surface area contributed by atoms with Gasteiger partial charge >= 0.3 is 0 Å². The molecule has 1 heterocycles. The Kier molecular flexibility index (Phi) is 1.35. The Balaban J connectivity index is 2.03. The second-order valence-electron chi connectivity index (χ2n) is 5.19. The Morgan fingerprint density at radius 2 is 2.00 bits per heavy atom. The minimum Gasteiger partial charge on any atom is -0.467 e. The number of rotatable bonds is 2. The van der Waals surface area contributed by atoms with Crippen LogP contribution in [0.3, 0.4) is 0 Å². The van der Waals surface area contributed by atoms with E-state index in [-0.39, 0.29) is 41.3 Å². The number of benzene rings is 1. The van der Waals surface area contributed by atoms with Gasteiger partial charge in [0.05, 0.1) is 12.5 Å². The second kappa shape index (κ2) is 3.66. The van der Waals surface area contributed by atoms with Gasteiger partial charge in [0.25, 0.3) is 0 Å². The van der Waals surface area contributed by atoms with Crippen LogP contribution in [0.2, 0.25) is 0 Å². The average Bonchev–Trinajstić information content (AvgIpc) is 2.95. The summed E-state index contributed by atoms with van der Waals surface area (Å²) in [5.41, 5.74) is 1.90. The lowest BCUT2D eigenvalue weighted by atomic mass is 9.90. The Bertz CT molecular complexity index is 737. The molecule has 1 aliphatic carbocycles. The van der Waals surface area contributed by atoms with Crippen molar-refractivity contribution in [2.45, 2.75) is 26.7 Å². The average molecular weight is 232 g/mol. The lowest BCUT2D eigenvalue weighted by Gasteiger charge is -2.15. The van der Waals surface area contributed by atoms with E-state index in [2.05, 4.69) is 19.2 Å². The molecule has 0 atom stereocenters. The van der Waals surface area contributed by atoms with Crippen LogP contribution in [0.5, 0.6) is 0 Å². The predicted octanol–water partition coefficient (Wildman–Crippen LogP) is 4.15. The zero-order chi connectivity index (χ0) is 16.2. The van der Waals surface area contributed by atoms with Crippen molar-refractivity contribution < 1.29 is 11.3 Å². The molecular weight excluding hydrogens is 210 g/mol. The zero-order valence-electron chi connectivity index (χ0n) is 14.9. The van der Waals surface area contributed by atoms with Crippen molar-refractivity contribution in [1.82, 2.24) is 0 Å². The van der Waals surface area contributed by atoms with Crippen LogP contribution in [0.15, 0.2) is 40.9 Å². The van der Waals surface area contributed by atoms with Gasteiger partial charge in [-0.1, -0.05) is 32.0 Å². The minimum atomic E-state index is -0.390. The fraction of sp³-hybridized carbons (Fsp3) is 0.333. The van der Waals surface area contributed by atoms with Crippen LogP contribution in [-0.2, 0) is 12.8 Å². The molecule has 1 aliphatic rings. The second-order valence-corrected chi connectivity index (χ2v) is 5.19. The van der Waals surface area contributed by atoms with Crippen molar-refractivity contribution in [3.8, 4) is 0 Å². The van der Waals surface area contributed by atoms with Gasteiger partial charge in [-0.3, -0.25) is 0 Å². The van der Waals surface area contributed by atoms with Gasteiger partial charge in [-0.25, -0.2) is 0 Å².